The van der Waals surface area contributed by atoms with Crippen LogP contribution < -0.4 is 5.32 Å². The summed E-state index contributed by atoms with van der Waals surface area (Å²) in [5.74, 6) is -0.821. The quantitative estimate of drug-likeness (QED) is 0.819. The Bertz CT molecular complexity index is 521. The molecule has 3 amide bonds. The Balaban J connectivity index is 2.17. The number of benzene rings is 1. The van der Waals surface area contributed by atoms with E-state index in [4.69, 9.17) is 5.26 Å². The average molecular weight is 247 g/mol. The lowest BCUT2D eigenvalue weighted by molar-refractivity contribution is -0.127. The Labute approximate surface area is 103 Å². The molecule has 1 fully saturated rings. The first-order chi connectivity index (χ1) is 8.63. The first-order valence-electron chi connectivity index (χ1n) is 5.38. The summed E-state index contributed by atoms with van der Waals surface area (Å²) in [5, 5.41) is 11.0. The summed E-state index contributed by atoms with van der Waals surface area (Å²) >= 11 is 0. The second kappa shape index (κ2) is 4.84. The zero-order valence-electron chi connectivity index (χ0n) is 9.39. The van der Waals surface area contributed by atoms with Crippen molar-refractivity contribution in [1.82, 2.24) is 10.2 Å². The van der Waals surface area contributed by atoms with Gasteiger partial charge in [-0.05, 0) is 17.7 Å². The van der Waals surface area contributed by atoms with Crippen molar-refractivity contribution in [3.63, 3.8) is 0 Å². The van der Waals surface area contributed by atoms with Crippen LogP contribution in [0.4, 0.5) is 9.18 Å². The van der Waals surface area contributed by atoms with E-state index in [-0.39, 0.29) is 13.0 Å². The van der Waals surface area contributed by atoms with Crippen LogP contribution in [0, 0.1) is 17.1 Å². The highest BCUT2D eigenvalue weighted by Crippen LogP contribution is 2.22. The summed E-state index contributed by atoms with van der Waals surface area (Å²) in [7, 11) is 0. The highest BCUT2D eigenvalue weighted by Gasteiger charge is 2.38. The minimum absolute atomic E-state index is 0.0683. The molecule has 1 aliphatic rings. The number of rotatable bonds is 3. The van der Waals surface area contributed by atoms with Gasteiger partial charge in [-0.1, -0.05) is 12.1 Å². The van der Waals surface area contributed by atoms with Gasteiger partial charge in [0, 0.05) is 6.54 Å². The minimum Gasteiger partial charge on any atom is -0.322 e. The first-order valence-corrected chi connectivity index (χ1v) is 5.38. The molecule has 1 saturated heterocycles. The van der Waals surface area contributed by atoms with Gasteiger partial charge in [0.2, 0.25) is 0 Å². The summed E-state index contributed by atoms with van der Waals surface area (Å²) in [4.78, 5) is 24.5. The molecule has 5 nitrogen and oxygen atoms in total. The molecule has 1 aliphatic heterocycles. The fourth-order valence-corrected chi connectivity index (χ4v) is 1.77. The summed E-state index contributed by atoms with van der Waals surface area (Å²) in [6.45, 7) is 0.0683. The number of hydrogen-bond acceptors (Lipinski definition) is 3. The van der Waals surface area contributed by atoms with Crippen molar-refractivity contribution >= 4 is 11.9 Å². The number of halogens is 1. The summed E-state index contributed by atoms with van der Waals surface area (Å²) in [6.07, 6.45) is 0.0926. The molecular weight excluding hydrogens is 237 g/mol. The summed E-state index contributed by atoms with van der Waals surface area (Å²) < 4.78 is 12.8. The lowest BCUT2D eigenvalue weighted by Crippen LogP contribution is -2.31. The van der Waals surface area contributed by atoms with Crippen LogP contribution >= 0.6 is 0 Å². The van der Waals surface area contributed by atoms with Crippen molar-refractivity contribution in [2.45, 2.75) is 12.5 Å². The molecule has 1 atom stereocenters. The third-order valence-corrected chi connectivity index (χ3v) is 2.68. The van der Waals surface area contributed by atoms with Crippen LogP contribution in [-0.2, 0) is 4.79 Å². The van der Waals surface area contributed by atoms with Gasteiger partial charge in [-0.15, -0.1) is 0 Å². The minimum atomic E-state index is -0.795. The zero-order chi connectivity index (χ0) is 13.1. The SMILES string of the molecule is N#CCCN1C(=O)NC(c2ccc(F)cc2)C1=O. The molecule has 1 unspecified atom stereocenters. The molecule has 0 bridgehead atoms. The van der Waals surface area contributed by atoms with Gasteiger partial charge in [0.25, 0.3) is 5.91 Å². The van der Waals surface area contributed by atoms with E-state index in [2.05, 4.69) is 5.32 Å². The fourth-order valence-electron chi connectivity index (χ4n) is 1.77. The third kappa shape index (κ3) is 2.15. The number of nitriles is 1. The second-order valence-corrected chi connectivity index (χ2v) is 3.83. The van der Waals surface area contributed by atoms with Gasteiger partial charge in [0.1, 0.15) is 11.9 Å². The highest BCUT2D eigenvalue weighted by molar-refractivity contribution is 6.04. The molecule has 1 aromatic rings. The Hall–Kier alpha value is -2.42. The van der Waals surface area contributed by atoms with E-state index in [0.29, 0.717) is 5.56 Å². The van der Waals surface area contributed by atoms with Crippen LogP contribution in [0.2, 0.25) is 0 Å². The Morgan fingerprint density at radius 2 is 2.00 bits per heavy atom. The molecule has 1 heterocycles. The topological polar surface area (TPSA) is 73.2 Å². The van der Waals surface area contributed by atoms with Crippen molar-refractivity contribution in [3.05, 3.63) is 35.6 Å². The highest BCUT2D eigenvalue weighted by atomic mass is 19.1. The molecule has 0 saturated carbocycles. The standard InChI is InChI=1S/C12H10FN3O2/c13-9-4-2-8(3-5-9)10-11(17)16(7-1-6-14)12(18)15-10/h2-5,10H,1,7H2,(H,15,18). The maximum Gasteiger partial charge on any atom is 0.325 e. The van der Waals surface area contributed by atoms with Gasteiger partial charge in [-0.3, -0.25) is 9.69 Å². The van der Waals surface area contributed by atoms with Gasteiger partial charge in [0.05, 0.1) is 12.5 Å². The number of carbonyl (C=O) groups excluding carboxylic acids is 2. The van der Waals surface area contributed by atoms with Crippen LogP contribution in [0.15, 0.2) is 24.3 Å². The first kappa shape index (κ1) is 12.0. The molecule has 1 N–H and O–H groups in total. The van der Waals surface area contributed by atoms with E-state index < -0.39 is 23.8 Å². The van der Waals surface area contributed by atoms with Gasteiger partial charge < -0.3 is 5.32 Å². The van der Waals surface area contributed by atoms with Crippen LogP contribution in [0.5, 0.6) is 0 Å². The second-order valence-electron chi connectivity index (χ2n) is 3.83. The molecule has 2 rings (SSSR count). The third-order valence-electron chi connectivity index (χ3n) is 2.68. The number of imide groups is 1. The monoisotopic (exact) mass is 247 g/mol. The van der Waals surface area contributed by atoms with Crippen LogP contribution in [0.1, 0.15) is 18.0 Å². The van der Waals surface area contributed by atoms with E-state index in [1.54, 1.807) is 0 Å². The lowest BCUT2D eigenvalue weighted by Gasteiger charge is -2.10. The predicted octanol–water partition coefficient (Wildman–Crippen LogP) is 1.33. The number of hydrogen-bond donors (Lipinski definition) is 1. The molecule has 0 spiro atoms. The van der Waals surface area contributed by atoms with E-state index >= 15 is 0 Å². The molecule has 0 aliphatic carbocycles. The lowest BCUT2D eigenvalue weighted by atomic mass is 10.1. The molecule has 92 valence electrons. The molecule has 1 aromatic carbocycles. The van der Waals surface area contributed by atoms with Gasteiger partial charge in [-0.2, -0.15) is 5.26 Å². The van der Waals surface area contributed by atoms with Gasteiger partial charge in [-0.25, -0.2) is 9.18 Å². The van der Waals surface area contributed by atoms with Crippen LogP contribution in [0.3, 0.4) is 0 Å². The molecule has 6 heteroatoms. The number of nitrogens with zero attached hydrogens (tertiary/aromatic N) is 2. The number of amides is 3. The largest absolute Gasteiger partial charge is 0.325 e. The fraction of sp³-hybridized carbons (Fsp3) is 0.250. The number of urea groups is 1. The van der Waals surface area contributed by atoms with Crippen molar-refractivity contribution in [1.29, 1.82) is 5.26 Å². The van der Waals surface area contributed by atoms with Crippen LogP contribution in [0.25, 0.3) is 0 Å². The van der Waals surface area contributed by atoms with Crippen molar-refractivity contribution in [3.8, 4) is 6.07 Å². The summed E-state index contributed by atoms with van der Waals surface area (Å²) in [6, 6.07) is 5.91. The van der Waals surface area contributed by atoms with Crippen molar-refractivity contribution in [2.24, 2.45) is 0 Å². The Morgan fingerprint density at radius 3 is 2.61 bits per heavy atom. The smallest absolute Gasteiger partial charge is 0.322 e. The van der Waals surface area contributed by atoms with E-state index in [1.165, 1.54) is 24.3 Å². The molecule has 0 aromatic heterocycles. The number of carbonyl (C=O) groups is 2. The molecule has 0 radical (unpaired) electrons. The zero-order valence-corrected chi connectivity index (χ0v) is 9.39. The van der Waals surface area contributed by atoms with Gasteiger partial charge in [0.15, 0.2) is 0 Å². The molecule has 18 heavy (non-hydrogen) atoms. The van der Waals surface area contributed by atoms with Crippen LogP contribution in [-0.4, -0.2) is 23.4 Å². The van der Waals surface area contributed by atoms with E-state index in [9.17, 15) is 14.0 Å². The van der Waals surface area contributed by atoms with E-state index in [0.717, 1.165) is 4.90 Å². The normalized spacial score (nSPS) is 18.7. The Kier molecular flexibility index (Phi) is 3.24. The van der Waals surface area contributed by atoms with Gasteiger partial charge >= 0.3 is 6.03 Å². The van der Waals surface area contributed by atoms with Crippen molar-refractivity contribution in [2.75, 3.05) is 6.54 Å². The van der Waals surface area contributed by atoms with Crippen molar-refractivity contribution < 1.29 is 14.0 Å². The maximum atomic E-state index is 12.8. The predicted molar refractivity (Wildman–Crippen MR) is 59.6 cm³/mol. The average Bonchev–Trinajstić information content (AvgIpc) is 2.64. The number of nitrogens with one attached hydrogen (secondary N) is 1. The maximum absolute atomic E-state index is 12.8. The Morgan fingerprint density at radius 1 is 1.33 bits per heavy atom. The van der Waals surface area contributed by atoms with E-state index in [1.807, 2.05) is 6.07 Å². The molecular formula is C12H10FN3O2. The summed E-state index contributed by atoms with van der Waals surface area (Å²) in [5.41, 5.74) is 0.522.